The van der Waals surface area contributed by atoms with Gasteiger partial charge in [0.05, 0.1) is 23.9 Å². The summed E-state index contributed by atoms with van der Waals surface area (Å²) in [5.41, 5.74) is 4.49. The Hall–Kier alpha value is -2.60. The number of para-hydroxylation sites is 1. The van der Waals surface area contributed by atoms with Crippen LogP contribution in [0.2, 0.25) is 0 Å². The van der Waals surface area contributed by atoms with Crippen molar-refractivity contribution in [1.82, 2.24) is 10.3 Å². The molecule has 1 amide bonds. The lowest BCUT2D eigenvalue weighted by Gasteiger charge is -2.15. The molecule has 142 valence electrons. The maximum atomic E-state index is 12.3. The van der Waals surface area contributed by atoms with Crippen molar-refractivity contribution in [2.24, 2.45) is 0 Å². The Balaban J connectivity index is 1.58. The highest BCUT2D eigenvalue weighted by Gasteiger charge is 2.14. The minimum Gasteiger partial charge on any atom is -0.496 e. The standard InChI is InChI=1S/C21H25N3O2S/c1-14-9-10-15(2)20-19(14)23-21(27-20)24(3)13-18(25)22-12-11-16-7-5-6-8-17(16)26-4/h5-10H,11-13H2,1-4H3,(H,22,25). The number of benzene rings is 2. The van der Waals surface area contributed by atoms with Gasteiger partial charge in [-0.15, -0.1) is 0 Å². The molecule has 0 aliphatic carbocycles. The Morgan fingerprint density at radius 3 is 2.67 bits per heavy atom. The molecule has 0 radical (unpaired) electrons. The first-order valence-electron chi connectivity index (χ1n) is 8.96. The minimum atomic E-state index is -0.0138. The normalized spacial score (nSPS) is 10.8. The van der Waals surface area contributed by atoms with Crippen LogP contribution < -0.4 is 15.0 Å². The lowest BCUT2D eigenvalue weighted by molar-refractivity contribution is -0.119. The van der Waals surface area contributed by atoms with Crippen molar-refractivity contribution in [1.29, 1.82) is 0 Å². The number of nitrogens with zero attached hydrogens (tertiary/aromatic N) is 2. The Morgan fingerprint density at radius 2 is 1.93 bits per heavy atom. The molecule has 3 rings (SSSR count). The van der Waals surface area contributed by atoms with Crippen LogP contribution in [0.15, 0.2) is 36.4 Å². The van der Waals surface area contributed by atoms with Crippen LogP contribution in [0, 0.1) is 13.8 Å². The number of rotatable bonds is 7. The fourth-order valence-corrected chi connectivity index (χ4v) is 4.07. The maximum Gasteiger partial charge on any atom is 0.239 e. The second-order valence-electron chi connectivity index (χ2n) is 6.64. The lowest BCUT2D eigenvalue weighted by Crippen LogP contribution is -2.36. The number of fused-ring (bicyclic) bond motifs is 1. The van der Waals surface area contributed by atoms with Crippen LogP contribution >= 0.6 is 11.3 Å². The third kappa shape index (κ3) is 4.39. The number of likely N-dealkylation sites (N-methyl/N-ethyl adjacent to an activating group) is 1. The Bertz CT molecular complexity index is 913. The van der Waals surface area contributed by atoms with Gasteiger partial charge in [-0.25, -0.2) is 4.98 Å². The van der Waals surface area contributed by atoms with Crippen LogP contribution in [0.4, 0.5) is 5.13 Å². The third-order valence-corrected chi connectivity index (χ3v) is 5.85. The van der Waals surface area contributed by atoms with E-state index in [0.29, 0.717) is 6.54 Å². The molecule has 0 atom stereocenters. The Morgan fingerprint density at radius 1 is 1.19 bits per heavy atom. The molecule has 2 aromatic carbocycles. The SMILES string of the molecule is COc1ccccc1CCNC(=O)CN(C)c1nc2c(C)ccc(C)c2s1. The molecule has 0 aliphatic rings. The van der Waals surface area contributed by atoms with Crippen molar-refractivity contribution >= 4 is 32.6 Å². The van der Waals surface area contributed by atoms with Crippen LogP contribution in [-0.4, -0.2) is 38.1 Å². The number of methoxy groups -OCH3 is 1. The van der Waals surface area contributed by atoms with Crippen molar-refractivity contribution < 1.29 is 9.53 Å². The molecule has 0 spiro atoms. The van der Waals surface area contributed by atoms with Crippen molar-refractivity contribution in [2.45, 2.75) is 20.3 Å². The summed E-state index contributed by atoms with van der Waals surface area (Å²) >= 11 is 1.63. The average Bonchev–Trinajstić information content (AvgIpc) is 3.12. The number of aromatic nitrogens is 1. The predicted octanol–water partition coefficient (Wildman–Crippen LogP) is 3.72. The summed E-state index contributed by atoms with van der Waals surface area (Å²) in [5.74, 6) is 0.837. The predicted molar refractivity (Wildman–Crippen MR) is 112 cm³/mol. The van der Waals surface area contributed by atoms with E-state index >= 15 is 0 Å². The van der Waals surface area contributed by atoms with E-state index in [2.05, 4.69) is 31.3 Å². The molecule has 0 unspecified atom stereocenters. The molecule has 27 heavy (non-hydrogen) atoms. The third-order valence-electron chi connectivity index (χ3n) is 4.55. The number of hydrogen-bond acceptors (Lipinski definition) is 5. The van der Waals surface area contributed by atoms with Gasteiger partial charge in [-0.05, 0) is 43.0 Å². The highest BCUT2D eigenvalue weighted by molar-refractivity contribution is 7.22. The van der Waals surface area contributed by atoms with Gasteiger partial charge < -0.3 is 15.0 Å². The van der Waals surface area contributed by atoms with Gasteiger partial charge in [-0.2, -0.15) is 0 Å². The molecule has 3 aromatic rings. The van der Waals surface area contributed by atoms with Crippen LogP contribution in [0.25, 0.3) is 10.2 Å². The van der Waals surface area contributed by atoms with E-state index < -0.39 is 0 Å². The summed E-state index contributed by atoms with van der Waals surface area (Å²) in [7, 11) is 3.57. The van der Waals surface area contributed by atoms with Gasteiger partial charge in [0.15, 0.2) is 5.13 Å². The van der Waals surface area contributed by atoms with E-state index in [9.17, 15) is 4.79 Å². The molecule has 0 fully saturated rings. The molecular weight excluding hydrogens is 358 g/mol. The van der Waals surface area contributed by atoms with Gasteiger partial charge in [0, 0.05) is 13.6 Å². The number of nitrogens with one attached hydrogen (secondary N) is 1. The van der Waals surface area contributed by atoms with E-state index in [1.165, 1.54) is 10.3 Å². The van der Waals surface area contributed by atoms with Crippen molar-refractivity contribution in [2.75, 3.05) is 32.1 Å². The van der Waals surface area contributed by atoms with E-state index in [-0.39, 0.29) is 12.5 Å². The van der Waals surface area contributed by atoms with Crippen LogP contribution in [0.3, 0.4) is 0 Å². The molecule has 1 heterocycles. The topological polar surface area (TPSA) is 54.5 Å². The van der Waals surface area contributed by atoms with Crippen molar-refractivity contribution in [3.63, 3.8) is 0 Å². The minimum absolute atomic E-state index is 0.0138. The Labute approximate surface area is 164 Å². The highest BCUT2D eigenvalue weighted by Crippen LogP contribution is 2.32. The first kappa shape index (κ1) is 19.2. The van der Waals surface area contributed by atoms with Crippen LogP contribution in [0.5, 0.6) is 5.75 Å². The smallest absolute Gasteiger partial charge is 0.239 e. The summed E-state index contributed by atoms with van der Waals surface area (Å²) in [5, 5.41) is 3.84. The zero-order chi connectivity index (χ0) is 19.4. The zero-order valence-electron chi connectivity index (χ0n) is 16.2. The van der Waals surface area contributed by atoms with E-state index in [4.69, 9.17) is 9.72 Å². The summed E-state index contributed by atoms with van der Waals surface area (Å²) < 4.78 is 6.53. The van der Waals surface area contributed by atoms with Crippen LogP contribution in [-0.2, 0) is 11.2 Å². The average molecular weight is 384 g/mol. The van der Waals surface area contributed by atoms with E-state index in [1.54, 1.807) is 18.4 Å². The zero-order valence-corrected chi connectivity index (χ0v) is 17.0. The monoisotopic (exact) mass is 383 g/mol. The number of carbonyl (C=O) groups is 1. The molecule has 1 N–H and O–H groups in total. The summed E-state index contributed by atoms with van der Waals surface area (Å²) in [6.45, 7) is 5.01. The molecule has 6 heteroatoms. The van der Waals surface area contributed by atoms with E-state index in [1.807, 2.05) is 36.2 Å². The fraction of sp³-hybridized carbons (Fsp3) is 0.333. The van der Waals surface area contributed by atoms with Crippen molar-refractivity contribution in [3.05, 3.63) is 53.1 Å². The van der Waals surface area contributed by atoms with E-state index in [0.717, 1.165) is 33.9 Å². The molecular formula is C21H25N3O2S. The summed E-state index contributed by atoms with van der Waals surface area (Å²) in [6.07, 6.45) is 0.735. The number of carbonyl (C=O) groups excluding carboxylic acids is 1. The number of aryl methyl sites for hydroxylation is 2. The number of ether oxygens (including phenoxy) is 1. The summed E-state index contributed by atoms with van der Waals surface area (Å²) in [6, 6.07) is 12.1. The van der Waals surface area contributed by atoms with Gasteiger partial charge in [-0.1, -0.05) is 41.7 Å². The van der Waals surface area contributed by atoms with Crippen LogP contribution in [0.1, 0.15) is 16.7 Å². The number of hydrogen-bond donors (Lipinski definition) is 1. The summed E-state index contributed by atoms with van der Waals surface area (Å²) in [4.78, 5) is 18.9. The Kier molecular flexibility index (Phi) is 5.96. The first-order valence-corrected chi connectivity index (χ1v) is 9.77. The molecule has 0 bridgehead atoms. The van der Waals surface area contributed by atoms with Gasteiger partial charge in [0.2, 0.25) is 5.91 Å². The van der Waals surface area contributed by atoms with Gasteiger partial charge in [-0.3, -0.25) is 4.79 Å². The van der Waals surface area contributed by atoms with Gasteiger partial charge in [0.1, 0.15) is 5.75 Å². The maximum absolute atomic E-state index is 12.3. The second kappa shape index (κ2) is 8.39. The highest BCUT2D eigenvalue weighted by atomic mass is 32.1. The molecule has 0 aliphatic heterocycles. The molecule has 0 saturated heterocycles. The molecule has 0 saturated carbocycles. The number of anilines is 1. The first-order chi connectivity index (χ1) is 13.0. The molecule has 1 aromatic heterocycles. The quantitative estimate of drug-likeness (QED) is 0.676. The van der Waals surface area contributed by atoms with Gasteiger partial charge >= 0.3 is 0 Å². The largest absolute Gasteiger partial charge is 0.496 e. The molecule has 5 nitrogen and oxygen atoms in total. The lowest BCUT2D eigenvalue weighted by atomic mass is 10.1. The second-order valence-corrected chi connectivity index (χ2v) is 7.62. The number of thiazole rings is 1. The number of amides is 1. The van der Waals surface area contributed by atoms with Gasteiger partial charge in [0.25, 0.3) is 0 Å². The fourth-order valence-electron chi connectivity index (χ4n) is 3.00. The van der Waals surface area contributed by atoms with Crippen molar-refractivity contribution in [3.8, 4) is 5.75 Å².